The largest absolute Gasteiger partial charge is 0.491 e. The van der Waals surface area contributed by atoms with Gasteiger partial charge in [0.2, 0.25) is 0 Å². The highest BCUT2D eigenvalue weighted by atomic mass is 32.2. The van der Waals surface area contributed by atoms with E-state index >= 15 is 0 Å². The van der Waals surface area contributed by atoms with E-state index < -0.39 is 0 Å². The Morgan fingerprint density at radius 1 is 0.947 bits per heavy atom. The van der Waals surface area contributed by atoms with Gasteiger partial charge in [0.25, 0.3) is 0 Å². The first kappa shape index (κ1) is 12.4. The minimum atomic E-state index is 0.782. The van der Waals surface area contributed by atoms with Crippen LogP contribution in [-0.4, -0.2) is 12.4 Å². The van der Waals surface area contributed by atoms with Crippen molar-refractivity contribution < 1.29 is 4.74 Å². The van der Waals surface area contributed by atoms with E-state index in [1.165, 1.54) is 16.0 Å². The molecule has 1 heterocycles. The van der Waals surface area contributed by atoms with Gasteiger partial charge in [0.1, 0.15) is 5.76 Å². The molecule has 19 heavy (non-hydrogen) atoms. The summed E-state index contributed by atoms with van der Waals surface area (Å²) < 4.78 is 5.93. The van der Waals surface area contributed by atoms with Crippen LogP contribution in [0.25, 0.3) is 10.7 Å². The molecule has 0 N–H and O–H groups in total. The van der Waals surface area contributed by atoms with Crippen LogP contribution in [0.15, 0.2) is 54.6 Å². The molecule has 1 aliphatic rings. The molecule has 0 amide bonds. The van der Waals surface area contributed by atoms with Gasteiger partial charge < -0.3 is 4.74 Å². The topological polar surface area (TPSA) is 9.23 Å². The molecule has 0 atom stereocenters. The van der Waals surface area contributed by atoms with Crippen LogP contribution < -0.4 is 0 Å². The van der Waals surface area contributed by atoms with Crippen LogP contribution in [0, 0.1) is 6.92 Å². The van der Waals surface area contributed by atoms with E-state index in [0.29, 0.717) is 0 Å². The van der Waals surface area contributed by atoms with E-state index in [9.17, 15) is 0 Å². The third-order valence-electron chi connectivity index (χ3n) is 3.10. The van der Waals surface area contributed by atoms with E-state index in [0.717, 1.165) is 23.7 Å². The van der Waals surface area contributed by atoms with Crippen molar-refractivity contribution in [2.45, 2.75) is 6.92 Å². The van der Waals surface area contributed by atoms with Gasteiger partial charge in [0.15, 0.2) is 0 Å². The number of rotatable bonds is 2. The molecule has 1 aliphatic heterocycles. The Balaban J connectivity index is 2.11. The first-order valence-corrected chi connectivity index (χ1v) is 7.45. The normalized spacial score (nSPS) is 15.2. The SMILES string of the molecule is Cc1cccc(C2=C(c3ccccc3)OCCS2)c1. The number of hydrogen-bond donors (Lipinski definition) is 0. The van der Waals surface area contributed by atoms with Crippen LogP contribution in [0.5, 0.6) is 0 Å². The van der Waals surface area contributed by atoms with Crippen molar-refractivity contribution >= 4 is 22.4 Å². The van der Waals surface area contributed by atoms with Crippen LogP contribution in [0.2, 0.25) is 0 Å². The lowest BCUT2D eigenvalue weighted by molar-refractivity contribution is 0.301. The summed E-state index contributed by atoms with van der Waals surface area (Å²) in [5.41, 5.74) is 3.69. The Morgan fingerprint density at radius 3 is 2.53 bits per heavy atom. The molecule has 0 aromatic heterocycles. The van der Waals surface area contributed by atoms with Gasteiger partial charge in [0, 0.05) is 11.3 Å². The first-order valence-electron chi connectivity index (χ1n) is 6.47. The number of aryl methyl sites for hydroxylation is 1. The number of benzene rings is 2. The highest BCUT2D eigenvalue weighted by molar-refractivity contribution is 8.08. The molecule has 0 saturated carbocycles. The smallest absolute Gasteiger partial charge is 0.140 e. The van der Waals surface area contributed by atoms with Gasteiger partial charge in [0.05, 0.1) is 11.5 Å². The quantitative estimate of drug-likeness (QED) is 0.788. The van der Waals surface area contributed by atoms with Crippen molar-refractivity contribution in [3.05, 3.63) is 71.3 Å². The fourth-order valence-electron chi connectivity index (χ4n) is 2.22. The molecule has 0 bridgehead atoms. The second-order valence-corrected chi connectivity index (χ2v) is 5.70. The zero-order chi connectivity index (χ0) is 13.1. The van der Waals surface area contributed by atoms with Gasteiger partial charge in [-0.2, -0.15) is 0 Å². The van der Waals surface area contributed by atoms with Crippen LogP contribution >= 0.6 is 11.8 Å². The van der Waals surface area contributed by atoms with Gasteiger partial charge in [-0.1, -0.05) is 60.2 Å². The van der Waals surface area contributed by atoms with Gasteiger partial charge in [-0.3, -0.25) is 0 Å². The molecule has 0 aliphatic carbocycles. The average Bonchev–Trinajstić information content (AvgIpc) is 2.48. The van der Waals surface area contributed by atoms with Crippen molar-refractivity contribution in [2.24, 2.45) is 0 Å². The molecule has 0 fully saturated rings. The second-order valence-electron chi connectivity index (χ2n) is 4.59. The van der Waals surface area contributed by atoms with Crippen LogP contribution in [0.4, 0.5) is 0 Å². The molecular formula is C17H16OS. The van der Waals surface area contributed by atoms with E-state index in [4.69, 9.17) is 4.74 Å². The summed E-state index contributed by atoms with van der Waals surface area (Å²) >= 11 is 1.88. The minimum absolute atomic E-state index is 0.782. The summed E-state index contributed by atoms with van der Waals surface area (Å²) in [5.74, 6) is 2.03. The Labute approximate surface area is 118 Å². The zero-order valence-corrected chi connectivity index (χ0v) is 11.7. The molecule has 2 aromatic rings. The molecule has 2 heteroatoms. The minimum Gasteiger partial charge on any atom is -0.491 e. The summed E-state index contributed by atoms with van der Waals surface area (Å²) in [6.07, 6.45) is 0. The summed E-state index contributed by atoms with van der Waals surface area (Å²) in [4.78, 5) is 1.25. The predicted octanol–water partition coefficient (Wildman–Crippen LogP) is 4.58. The highest BCUT2D eigenvalue weighted by Gasteiger charge is 2.17. The van der Waals surface area contributed by atoms with E-state index in [1.807, 2.05) is 17.8 Å². The van der Waals surface area contributed by atoms with Gasteiger partial charge in [-0.05, 0) is 12.5 Å². The fourth-order valence-corrected chi connectivity index (χ4v) is 3.20. The Bertz CT molecular complexity index is 602. The monoisotopic (exact) mass is 268 g/mol. The number of thioether (sulfide) groups is 1. The Morgan fingerprint density at radius 2 is 1.74 bits per heavy atom. The Hall–Kier alpha value is -1.67. The van der Waals surface area contributed by atoms with Gasteiger partial charge in [-0.25, -0.2) is 0 Å². The second kappa shape index (κ2) is 5.54. The van der Waals surface area contributed by atoms with Crippen molar-refractivity contribution in [3.8, 4) is 0 Å². The summed E-state index contributed by atoms with van der Waals surface area (Å²) in [7, 11) is 0. The van der Waals surface area contributed by atoms with E-state index in [1.54, 1.807) is 0 Å². The van der Waals surface area contributed by atoms with Crippen molar-refractivity contribution in [2.75, 3.05) is 12.4 Å². The molecule has 0 saturated heterocycles. The van der Waals surface area contributed by atoms with Crippen LogP contribution in [-0.2, 0) is 4.74 Å². The highest BCUT2D eigenvalue weighted by Crippen LogP contribution is 2.39. The molecule has 0 unspecified atom stereocenters. The van der Waals surface area contributed by atoms with Crippen LogP contribution in [0.1, 0.15) is 16.7 Å². The predicted molar refractivity (Wildman–Crippen MR) is 82.8 cm³/mol. The summed E-state index contributed by atoms with van der Waals surface area (Å²) in [6, 6.07) is 19.0. The third kappa shape index (κ3) is 2.69. The molecule has 1 nitrogen and oxygen atoms in total. The molecule has 2 aromatic carbocycles. The molecule has 0 spiro atoms. The van der Waals surface area contributed by atoms with Gasteiger partial charge in [-0.15, -0.1) is 11.8 Å². The third-order valence-corrected chi connectivity index (χ3v) is 4.18. The molecule has 3 rings (SSSR count). The Kier molecular flexibility index (Phi) is 3.60. The van der Waals surface area contributed by atoms with Gasteiger partial charge >= 0.3 is 0 Å². The van der Waals surface area contributed by atoms with E-state index in [2.05, 4.69) is 55.5 Å². The lowest BCUT2D eigenvalue weighted by Gasteiger charge is -2.21. The fraction of sp³-hybridized carbons (Fsp3) is 0.176. The first-order chi connectivity index (χ1) is 9.34. The van der Waals surface area contributed by atoms with Crippen LogP contribution in [0.3, 0.4) is 0 Å². The van der Waals surface area contributed by atoms with Crippen molar-refractivity contribution in [1.82, 2.24) is 0 Å². The molecular weight excluding hydrogens is 252 g/mol. The number of hydrogen-bond acceptors (Lipinski definition) is 2. The average molecular weight is 268 g/mol. The lowest BCUT2D eigenvalue weighted by Crippen LogP contribution is -2.05. The maximum Gasteiger partial charge on any atom is 0.140 e. The maximum atomic E-state index is 5.93. The summed E-state index contributed by atoms with van der Waals surface area (Å²) in [5, 5.41) is 0. The standard InChI is InChI=1S/C17H16OS/c1-13-6-5-9-15(12-13)17-16(18-10-11-19-17)14-7-3-2-4-8-14/h2-9,12H,10-11H2,1H3. The maximum absolute atomic E-state index is 5.93. The molecule has 96 valence electrons. The van der Waals surface area contributed by atoms with E-state index in [-0.39, 0.29) is 0 Å². The number of ether oxygens (including phenoxy) is 1. The zero-order valence-electron chi connectivity index (χ0n) is 10.9. The molecule has 0 radical (unpaired) electrons. The summed E-state index contributed by atoms with van der Waals surface area (Å²) in [6.45, 7) is 2.91. The van der Waals surface area contributed by atoms with Crippen molar-refractivity contribution in [3.63, 3.8) is 0 Å². The van der Waals surface area contributed by atoms with Crippen molar-refractivity contribution in [1.29, 1.82) is 0 Å². The lowest BCUT2D eigenvalue weighted by atomic mass is 10.1.